The number of anilines is 1. The van der Waals surface area contributed by atoms with Crippen molar-refractivity contribution >= 4 is 11.7 Å². The van der Waals surface area contributed by atoms with E-state index in [0.29, 0.717) is 6.54 Å². The van der Waals surface area contributed by atoms with Crippen LogP contribution >= 0.6 is 0 Å². The molecule has 0 unspecified atom stereocenters. The number of hydrogen-bond acceptors (Lipinski definition) is 3. The van der Waals surface area contributed by atoms with Gasteiger partial charge in [-0.1, -0.05) is 17.7 Å². The van der Waals surface area contributed by atoms with E-state index in [4.69, 9.17) is 5.11 Å². The van der Waals surface area contributed by atoms with Crippen LogP contribution < -0.4 is 4.90 Å². The standard InChI is InChI=1S/C15H19N3O2/c1-12-3-5-14(6-4-12)18(11-15(19)20)8-7-13-9-16-17(2)10-13/h3-6,9-10H,7-8,11H2,1-2H3,(H,19,20). The molecule has 2 aromatic rings. The molecule has 0 aliphatic carbocycles. The highest BCUT2D eigenvalue weighted by atomic mass is 16.4. The quantitative estimate of drug-likeness (QED) is 0.873. The van der Waals surface area contributed by atoms with Gasteiger partial charge in [-0.25, -0.2) is 0 Å². The highest BCUT2D eigenvalue weighted by molar-refractivity contribution is 5.73. The third kappa shape index (κ3) is 3.85. The number of carboxylic acids is 1. The maximum Gasteiger partial charge on any atom is 0.323 e. The van der Waals surface area contributed by atoms with Gasteiger partial charge in [-0.15, -0.1) is 0 Å². The second-order valence-electron chi connectivity index (χ2n) is 4.92. The predicted octanol–water partition coefficient (Wildman–Crippen LogP) is 1.86. The summed E-state index contributed by atoms with van der Waals surface area (Å²) in [6.07, 6.45) is 4.54. The molecule has 0 aliphatic rings. The van der Waals surface area contributed by atoms with E-state index in [1.54, 1.807) is 4.68 Å². The van der Waals surface area contributed by atoms with Crippen LogP contribution in [-0.2, 0) is 18.3 Å². The Morgan fingerprint density at radius 2 is 2.05 bits per heavy atom. The van der Waals surface area contributed by atoms with Crippen molar-refractivity contribution in [2.45, 2.75) is 13.3 Å². The van der Waals surface area contributed by atoms with Crippen molar-refractivity contribution in [1.82, 2.24) is 9.78 Å². The maximum absolute atomic E-state index is 11.0. The zero-order valence-electron chi connectivity index (χ0n) is 11.8. The monoisotopic (exact) mass is 273 g/mol. The van der Waals surface area contributed by atoms with Crippen molar-refractivity contribution in [3.63, 3.8) is 0 Å². The van der Waals surface area contributed by atoms with Crippen molar-refractivity contribution in [2.24, 2.45) is 7.05 Å². The van der Waals surface area contributed by atoms with Crippen LogP contribution in [-0.4, -0.2) is 33.9 Å². The van der Waals surface area contributed by atoms with E-state index in [9.17, 15) is 4.79 Å². The van der Waals surface area contributed by atoms with Crippen LogP contribution in [0.5, 0.6) is 0 Å². The van der Waals surface area contributed by atoms with Gasteiger partial charge >= 0.3 is 5.97 Å². The van der Waals surface area contributed by atoms with Gasteiger partial charge in [0.05, 0.1) is 6.20 Å². The number of carboxylic acid groups (broad SMARTS) is 1. The molecule has 0 saturated heterocycles. The minimum Gasteiger partial charge on any atom is -0.480 e. The molecule has 1 heterocycles. The first-order chi connectivity index (χ1) is 9.54. The third-order valence-electron chi connectivity index (χ3n) is 3.15. The van der Waals surface area contributed by atoms with Crippen LogP contribution in [0.2, 0.25) is 0 Å². The third-order valence-corrected chi connectivity index (χ3v) is 3.15. The first-order valence-corrected chi connectivity index (χ1v) is 6.55. The summed E-state index contributed by atoms with van der Waals surface area (Å²) in [5, 5.41) is 13.2. The van der Waals surface area contributed by atoms with Crippen molar-refractivity contribution in [3.05, 3.63) is 47.8 Å². The number of carbonyl (C=O) groups is 1. The molecule has 0 bridgehead atoms. The van der Waals surface area contributed by atoms with Gasteiger partial charge in [0.25, 0.3) is 0 Å². The average molecular weight is 273 g/mol. The molecule has 2 rings (SSSR count). The van der Waals surface area contributed by atoms with Crippen LogP contribution in [0.15, 0.2) is 36.7 Å². The molecule has 0 saturated carbocycles. The van der Waals surface area contributed by atoms with Crippen molar-refractivity contribution < 1.29 is 9.90 Å². The Kier molecular flexibility index (Phi) is 4.40. The highest BCUT2D eigenvalue weighted by Gasteiger charge is 2.11. The van der Waals surface area contributed by atoms with Crippen molar-refractivity contribution in [1.29, 1.82) is 0 Å². The molecule has 1 aromatic heterocycles. The van der Waals surface area contributed by atoms with Gasteiger partial charge < -0.3 is 10.0 Å². The van der Waals surface area contributed by atoms with E-state index >= 15 is 0 Å². The summed E-state index contributed by atoms with van der Waals surface area (Å²) in [4.78, 5) is 12.9. The number of aryl methyl sites for hydroxylation is 2. The van der Waals surface area contributed by atoms with Gasteiger partial charge in [0, 0.05) is 25.5 Å². The molecule has 5 heteroatoms. The van der Waals surface area contributed by atoms with Crippen LogP contribution in [0, 0.1) is 6.92 Å². The molecule has 5 nitrogen and oxygen atoms in total. The first kappa shape index (κ1) is 14.1. The number of benzene rings is 1. The number of hydrogen-bond donors (Lipinski definition) is 1. The Labute approximate surface area is 118 Å². The zero-order valence-corrected chi connectivity index (χ0v) is 11.8. The van der Waals surface area contributed by atoms with E-state index < -0.39 is 5.97 Å². The maximum atomic E-state index is 11.0. The molecule has 1 N–H and O–H groups in total. The Hall–Kier alpha value is -2.30. The van der Waals surface area contributed by atoms with Gasteiger partial charge in [-0.05, 0) is 31.0 Å². The lowest BCUT2D eigenvalue weighted by atomic mass is 10.2. The fourth-order valence-corrected chi connectivity index (χ4v) is 2.08. The lowest BCUT2D eigenvalue weighted by Crippen LogP contribution is -2.31. The Balaban J connectivity index is 2.07. The van der Waals surface area contributed by atoms with Gasteiger partial charge in [0.15, 0.2) is 0 Å². The van der Waals surface area contributed by atoms with Gasteiger partial charge in [-0.3, -0.25) is 9.48 Å². The van der Waals surface area contributed by atoms with E-state index in [-0.39, 0.29) is 6.54 Å². The second-order valence-corrected chi connectivity index (χ2v) is 4.92. The largest absolute Gasteiger partial charge is 0.480 e. The van der Waals surface area contributed by atoms with Crippen molar-refractivity contribution in [2.75, 3.05) is 18.0 Å². The summed E-state index contributed by atoms with van der Waals surface area (Å²) >= 11 is 0. The lowest BCUT2D eigenvalue weighted by molar-refractivity contribution is -0.135. The molecule has 0 amide bonds. The van der Waals surface area contributed by atoms with E-state index in [2.05, 4.69) is 5.10 Å². The zero-order chi connectivity index (χ0) is 14.5. The number of nitrogens with zero attached hydrogens (tertiary/aromatic N) is 3. The van der Waals surface area contributed by atoms with Gasteiger partial charge in [0.2, 0.25) is 0 Å². The van der Waals surface area contributed by atoms with Crippen LogP contribution in [0.3, 0.4) is 0 Å². The Morgan fingerprint density at radius 1 is 1.35 bits per heavy atom. The van der Waals surface area contributed by atoms with Gasteiger partial charge in [-0.2, -0.15) is 5.10 Å². The molecular formula is C15H19N3O2. The van der Waals surface area contributed by atoms with Crippen LogP contribution in [0.25, 0.3) is 0 Å². The minimum absolute atomic E-state index is 0.00330. The second kappa shape index (κ2) is 6.23. The summed E-state index contributed by atoms with van der Waals surface area (Å²) in [6.45, 7) is 2.67. The molecule has 106 valence electrons. The fraction of sp³-hybridized carbons (Fsp3) is 0.333. The summed E-state index contributed by atoms with van der Waals surface area (Å²) in [7, 11) is 1.87. The Bertz CT molecular complexity index is 575. The molecule has 20 heavy (non-hydrogen) atoms. The number of rotatable bonds is 6. The normalized spacial score (nSPS) is 10.5. The topological polar surface area (TPSA) is 58.4 Å². The van der Waals surface area contributed by atoms with Crippen LogP contribution in [0.1, 0.15) is 11.1 Å². The van der Waals surface area contributed by atoms with E-state index in [0.717, 1.165) is 23.2 Å². The van der Waals surface area contributed by atoms with E-state index in [1.165, 1.54) is 0 Å². The summed E-state index contributed by atoms with van der Waals surface area (Å²) < 4.78 is 1.75. The molecule has 0 spiro atoms. The van der Waals surface area contributed by atoms with E-state index in [1.807, 2.05) is 55.5 Å². The molecular weight excluding hydrogens is 254 g/mol. The number of aromatic nitrogens is 2. The van der Waals surface area contributed by atoms with Gasteiger partial charge in [0.1, 0.15) is 6.54 Å². The Morgan fingerprint density at radius 3 is 2.60 bits per heavy atom. The fourth-order valence-electron chi connectivity index (χ4n) is 2.08. The lowest BCUT2D eigenvalue weighted by Gasteiger charge is -2.22. The summed E-state index contributed by atoms with van der Waals surface area (Å²) in [5.41, 5.74) is 3.20. The minimum atomic E-state index is -0.822. The highest BCUT2D eigenvalue weighted by Crippen LogP contribution is 2.15. The molecule has 1 aromatic carbocycles. The molecule has 0 aliphatic heterocycles. The average Bonchev–Trinajstić information content (AvgIpc) is 2.81. The molecule has 0 atom stereocenters. The SMILES string of the molecule is Cc1ccc(N(CCc2cnn(C)c2)CC(=O)O)cc1. The molecule has 0 radical (unpaired) electrons. The number of aliphatic carboxylic acids is 1. The van der Waals surface area contributed by atoms with Crippen LogP contribution in [0.4, 0.5) is 5.69 Å². The smallest absolute Gasteiger partial charge is 0.323 e. The summed E-state index contributed by atoms with van der Waals surface area (Å²) in [5.74, 6) is -0.822. The first-order valence-electron chi connectivity index (χ1n) is 6.55. The predicted molar refractivity (Wildman–Crippen MR) is 77.9 cm³/mol. The summed E-state index contributed by atoms with van der Waals surface area (Å²) in [6, 6.07) is 7.91. The van der Waals surface area contributed by atoms with Crippen molar-refractivity contribution in [3.8, 4) is 0 Å². The molecule has 0 fully saturated rings.